The van der Waals surface area contributed by atoms with Crippen molar-refractivity contribution in [3.8, 4) is 28.7 Å². The van der Waals surface area contributed by atoms with Crippen molar-refractivity contribution in [3.05, 3.63) is 41.0 Å². The van der Waals surface area contributed by atoms with Gasteiger partial charge < -0.3 is 50.0 Å². The largest absolute Gasteiger partial charge is 0.507 e. The lowest BCUT2D eigenvalue weighted by molar-refractivity contribution is -0.232. The van der Waals surface area contributed by atoms with Crippen LogP contribution in [0.25, 0.3) is 0 Å². The van der Waals surface area contributed by atoms with Crippen molar-refractivity contribution in [2.45, 2.75) is 43.0 Å². The third-order valence-electron chi connectivity index (χ3n) is 5.95. The Bertz CT molecular complexity index is 1070. The van der Waals surface area contributed by atoms with Crippen LogP contribution in [0.15, 0.2) is 24.3 Å². The smallest absolute Gasteiger partial charge is 0.174 e. The van der Waals surface area contributed by atoms with Crippen LogP contribution in [0.4, 0.5) is 0 Å². The molecule has 2 heterocycles. The molecule has 11 heteroatoms. The molecule has 0 saturated carbocycles. The predicted molar refractivity (Wildman–Crippen MR) is 109 cm³/mol. The van der Waals surface area contributed by atoms with Gasteiger partial charge in [0.25, 0.3) is 0 Å². The molecule has 6 atom stereocenters. The van der Waals surface area contributed by atoms with Crippen molar-refractivity contribution >= 4 is 5.78 Å². The summed E-state index contributed by atoms with van der Waals surface area (Å²) < 4.78 is 16.2. The van der Waals surface area contributed by atoms with Crippen molar-refractivity contribution in [3.63, 3.8) is 0 Å². The molecule has 0 aliphatic carbocycles. The average molecular weight is 464 g/mol. The molecule has 11 nitrogen and oxygen atoms in total. The van der Waals surface area contributed by atoms with Crippen molar-refractivity contribution in [2.24, 2.45) is 0 Å². The molecule has 0 spiro atoms. The van der Waals surface area contributed by atoms with E-state index in [9.17, 15) is 40.5 Å². The summed E-state index contributed by atoms with van der Waals surface area (Å²) in [5.74, 6) is -1.90. The monoisotopic (exact) mass is 464 g/mol. The fourth-order valence-corrected chi connectivity index (χ4v) is 4.19. The Morgan fingerprint density at radius 3 is 2.39 bits per heavy atom. The summed E-state index contributed by atoms with van der Waals surface area (Å²) in [6, 6.07) is 5.55. The molecular weight excluding hydrogens is 440 g/mol. The van der Waals surface area contributed by atoms with Crippen LogP contribution in [0.1, 0.15) is 40.1 Å². The SMILES string of the molecule is COc1ccc(C2CC(=O)c3c(cc(O)c([C@@H]4O[C@H](CO)[C@@H](O)[C@H](O)[C@H]4O)c3O)O2)cc1O. The zero-order valence-electron chi connectivity index (χ0n) is 17.5. The van der Waals surface area contributed by atoms with E-state index in [1.807, 2.05) is 0 Å². The third-order valence-corrected chi connectivity index (χ3v) is 5.95. The lowest BCUT2D eigenvalue weighted by atomic mass is 9.87. The minimum Gasteiger partial charge on any atom is -0.507 e. The molecule has 0 bridgehead atoms. The van der Waals surface area contributed by atoms with Crippen LogP contribution in [0.2, 0.25) is 0 Å². The second-order valence-electron chi connectivity index (χ2n) is 7.95. The normalized spacial score (nSPS) is 29.3. The van der Waals surface area contributed by atoms with Crippen LogP contribution >= 0.6 is 0 Å². The van der Waals surface area contributed by atoms with Crippen LogP contribution in [-0.2, 0) is 4.74 Å². The molecule has 0 radical (unpaired) electrons. The number of fused-ring (bicyclic) bond motifs is 1. The summed E-state index contributed by atoms with van der Waals surface area (Å²) in [5.41, 5.74) is -0.179. The van der Waals surface area contributed by atoms with Gasteiger partial charge in [-0.2, -0.15) is 0 Å². The number of carbonyl (C=O) groups is 1. The average Bonchev–Trinajstić information content (AvgIpc) is 2.78. The van der Waals surface area contributed by atoms with E-state index in [4.69, 9.17) is 14.2 Å². The molecule has 2 aliphatic heterocycles. The van der Waals surface area contributed by atoms with Gasteiger partial charge in [0.15, 0.2) is 17.3 Å². The van der Waals surface area contributed by atoms with Gasteiger partial charge >= 0.3 is 0 Å². The number of benzene rings is 2. The molecule has 2 aliphatic rings. The lowest BCUT2D eigenvalue weighted by Gasteiger charge is -2.40. The highest BCUT2D eigenvalue weighted by Gasteiger charge is 2.47. The van der Waals surface area contributed by atoms with Crippen molar-refractivity contribution in [1.82, 2.24) is 0 Å². The van der Waals surface area contributed by atoms with E-state index in [0.29, 0.717) is 5.56 Å². The van der Waals surface area contributed by atoms with E-state index in [-0.39, 0.29) is 34.8 Å². The van der Waals surface area contributed by atoms with Crippen LogP contribution in [0, 0.1) is 0 Å². The van der Waals surface area contributed by atoms with Crippen molar-refractivity contribution < 1.29 is 54.8 Å². The van der Waals surface area contributed by atoms with Gasteiger partial charge in [0.1, 0.15) is 59.4 Å². The van der Waals surface area contributed by atoms with Crippen molar-refractivity contribution in [1.29, 1.82) is 0 Å². The predicted octanol–water partition coefficient (Wildman–Crippen LogP) is 0.0334. The number of aliphatic hydroxyl groups excluding tert-OH is 4. The number of carbonyl (C=O) groups excluding carboxylic acids is 1. The van der Waals surface area contributed by atoms with Gasteiger partial charge in [-0.25, -0.2) is 0 Å². The summed E-state index contributed by atoms with van der Waals surface area (Å²) in [7, 11) is 1.39. The molecular formula is C22H24O11. The Morgan fingerprint density at radius 1 is 1.03 bits per heavy atom. The van der Waals surface area contributed by atoms with Gasteiger partial charge in [-0.05, 0) is 17.7 Å². The van der Waals surface area contributed by atoms with Crippen LogP contribution < -0.4 is 9.47 Å². The molecule has 2 aromatic carbocycles. The minimum atomic E-state index is -1.77. The first-order valence-corrected chi connectivity index (χ1v) is 10.1. The molecule has 4 rings (SSSR count). The van der Waals surface area contributed by atoms with Gasteiger partial charge in [-0.3, -0.25) is 4.79 Å². The summed E-state index contributed by atoms with van der Waals surface area (Å²) >= 11 is 0. The first-order chi connectivity index (χ1) is 15.7. The Kier molecular flexibility index (Phi) is 6.08. The Labute approximate surface area is 187 Å². The molecule has 0 amide bonds. The molecule has 178 valence electrons. The zero-order valence-corrected chi connectivity index (χ0v) is 17.5. The highest BCUT2D eigenvalue weighted by Crippen LogP contribution is 2.49. The molecule has 7 N–H and O–H groups in total. The van der Waals surface area contributed by atoms with Gasteiger partial charge in [-0.1, -0.05) is 6.07 Å². The maximum absolute atomic E-state index is 12.9. The first kappa shape index (κ1) is 23.1. The fraction of sp³-hybridized carbons (Fsp3) is 0.409. The van der Waals surface area contributed by atoms with E-state index in [1.165, 1.54) is 19.2 Å². The third kappa shape index (κ3) is 3.83. The number of Topliss-reactive ketones (excluding diaryl/α,β-unsaturated/α-hetero) is 1. The first-order valence-electron chi connectivity index (χ1n) is 10.1. The lowest BCUT2D eigenvalue weighted by Crippen LogP contribution is -2.55. The number of ketones is 1. The highest BCUT2D eigenvalue weighted by atomic mass is 16.5. The van der Waals surface area contributed by atoms with Gasteiger partial charge in [-0.15, -0.1) is 0 Å². The summed E-state index contributed by atoms with van der Waals surface area (Å²) in [5, 5.41) is 71.2. The molecule has 33 heavy (non-hydrogen) atoms. The van der Waals surface area contributed by atoms with E-state index in [0.717, 1.165) is 6.07 Å². The number of hydrogen-bond acceptors (Lipinski definition) is 11. The zero-order chi connectivity index (χ0) is 24.0. The van der Waals surface area contributed by atoms with E-state index >= 15 is 0 Å². The number of ether oxygens (including phenoxy) is 3. The minimum absolute atomic E-state index is 0.130. The van der Waals surface area contributed by atoms with Gasteiger partial charge in [0.05, 0.1) is 25.7 Å². The topological polar surface area (TPSA) is 186 Å². The number of methoxy groups -OCH3 is 1. The molecule has 2 aromatic rings. The van der Waals surface area contributed by atoms with Gasteiger partial charge in [0.2, 0.25) is 0 Å². The maximum atomic E-state index is 12.9. The summed E-state index contributed by atoms with van der Waals surface area (Å²) in [6.07, 6.45) is -8.99. The Hall–Kier alpha value is -3.09. The number of hydrogen-bond donors (Lipinski definition) is 7. The van der Waals surface area contributed by atoms with Crippen LogP contribution in [-0.4, -0.2) is 79.7 Å². The van der Waals surface area contributed by atoms with E-state index in [2.05, 4.69) is 0 Å². The van der Waals surface area contributed by atoms with Crippen LogP contribution in [0.3, 0.4) is 0 Å². The summed E-state index contributed by atoms with van der Waals surface area (Å²) in [6.45, 7) is -0.702. The second-order valence-corrected chi connectivity index (χ2v) is 7.95. The quantitative estimate of drug-likeness (QED) is 0.324. The highest BCUT2D eigenvalue weighted by molar-refractivity contribution is 6.03. The molecule has 1 unspecified atom stereocenters. The Balaban J connectivity index is 1.71. The number of phenols is 3. The number of aliphatic hydroxyl groups is 4. The van der Waals surface area contributed by atoms with Crippen molar-refractivity contribution in [2.75, 3.05) is 13.7 Å². The number of rotatable bonds is 4. The molecule has 0 aromatic heterocycles. The Morgan fingerprint density at radius 2 is 1.76 bits per heavy atom. The fourth-order valence-electron chi connectivity index (χ4n) is 4.19. The second kappa shape index (κ2) is 8.69. The maximum Gasteiger partial charge on any atom is 0.174 e. The van der Waals surface area contributed by atoms with Crippen LogP contribution in [0.5, 0.6) is 28.7 Å². The van der Waals surface area contributed by atoms with E-state index < -0.39 is 60.5 Å². The number of aromatic hydroxyl groups is 3. The standard InChI is InChI=1S/C22H24O11/c1-31-12-3-2-8(4-9(12)24)13-5-10(25)16-14(32-13)6-11(26)17(19(16)28)22-21(30)20(29)18(27)15(7-23)33-22/h2-4,6,13,15,18,20-24,26-30H,5,7H2,1H3/t13?,15-,18-,20+,21-,22+/m1/s1. The molecule has 1 saturated heterocycles. The van der Waals surface area contributed by atoms with E-state index in [1.54, 1.807) is 6.07 Å². The molecule has 1 fully saturated rings. The van der Waals surface area contributed by atoms with Gasteiger partial charge in [0, 0.05) is 6.07 Å². The number of phenolic OH excluding ortho intramolecular Hbond substituents is 3. The summed E-state index contributed by atoms with van der Waals surface area (Å²) in [4.78, 5) is 12.9.